The van der Waals surface area contributed by atoms with E-state index in [1.807, 2.05) is 0 Å². The molecule has 1 aromatic rings. The van der Waals surface area contributed by atoms with E-state index >= 15 is 0 Å². The highest BCUT2D eigenvalue weighted by Gasteiger charge is 2.21. The van der Waals surface area contributed by atoms with E-state index in [1.54, 1.807) is 12.1 Å². The van der Waals surface area contributed by atoms with E-state index < -0.39 is 0 Å². The van der Waals surface area contributed by atoms with Crippen molar-refractivity contribution in [2.24, 2.45) is 5.92 Å². The Hall–Kier alpha value is -0.640. The van der Waals surface area contributed by atoms with Crippen molar-refractivity contribution >= 4 is 11.6 Å². The largest absolute Gasteiger partial charge is 0.312 e. The predicted octanol–water partition coefficient (Wildman–Crippen LogP) is 4.08. The van der Waals surface area contributed by atoms with E-state index in [9.17, 15) is 4.39 Å². The van der Waals surface area contributed by atoms with Crippen LogP contribution in [-0.2, 0) is 6.54 Å². The summed E-state index contributed by atoms with van der Waals surface area (Å²) >= 11 is 5.79. The van der Waals surface area contributed by atoms with Crippen LogP contribution in [0.25, 0.3) is 0 Å². The van der Waals surface area contributed by atoms with Crippen LogP contribution in [-0.4, -0.2) is 30.1 Å². The Kier molecular flexibility index (Phi) is 5.64. The summed E-state index contributed by atoms with van der Waals surface area (Å²) in [6.45, 7) is 10.4. The van der Waals surface area contributed by atoms with E-state index in [2.05, 4.69) is 31.0 Å². The molecule has 1 N–H and O–H groups in total. The first-order valence-electron chi connectivity index (χ1n) is 7.75. The number of rotatable bonds is 4. The van der Waals surface area contributed by atoms with Gasteiger partial charge in [-0.1, -0.05) is 17.7 Å². The number of hydrogen-bond acceptors (Lipinski definition) is 2. The van der Waals surface area contributed by atoms with Crippen LogP contribution in [0.3, 0.4) is 0 Å². The number of hydrogen-bond donors (Lipinski definition) is 1. The Balaban J connectivity index is 1.79. The lowest BCUT2D eigenvalue weighted by molar-refractivity contribution is 0.168. The lowest BCUT2D eigenvalue weighted by Crippen LogP contribution is -2.42. The third-order valence-corrected chi connectivity index (χ3v) is 4.27. The minimum Gasteiger partial charge on any atom is -0.312 e. The summed E-state index contributed by atoms with van der Waals surface area (Å²) in [7, 11) is 0. The van der Waals surface area contributed by atoms with Gasteiger partial charge in [0.2, 0.25) is 0 Å². The van der Waals surface area contributed by atoms with Crippen LogP contribution < -0.4 is 5.32 Å². The SMILES string of the molecule is CC(C)(C)NCC1CCN(Cc2ccc(Cl)cc2F)CC1. The normalized spacial score (nSPS) is 18.1. The fourth-order valence-corrected chi connectivity index (χ4v) is 2.85. The predicted molar refractivity (Wildman–Crippen MR) is 87.2 cm³/mol. The molecule has 0 aromatic heterocycles. The monoisotopic (exact) mass is 312 g/mol. The van der Waals surface area contributed by atoms with Gasteiger partial charge in [0.15, 0.2) is 0 Å². The van der Waals surface area contributed by atoms with E-state index in [0.717, 1.165) is 31.1 Å². The molecule has 0 amide bonds. The third-order valence-electron chi connectivity index (χ3n) is 4.04. The molecule has 0 saturated carbocycles. The summed E-state index contributed by atoms with van der Waals surface area (Å²) in [5.41, 5.74) is 0.925. The lowest BCUT2D eigenvalue weighted by atomic mass is 9.95. The van der Waals surface area contributed by atoms with Gasteiger partial charge in [-0.05, 0) is 71.3 Å². The first-order chi connectivity index (χ1) is 9.83. The molecule has 0 atom stereocenters. The summed E-state index contributed by atoms with van der Waals surface area (Å²) in [6.07, 6.45) is 2.36. The van der Waals surface area contributed by atoms with Gasteiger partial charge < -0.3 is 5.32 Å². The minimum absolute atomic E-state index is 0.184. The van der Waals surface area contributed by atoms with Crippen LogP contribution in [0.15, 0.2) is 18.2 Å². The zero-order valence-corrected chi connectivity index (χ0v) is 14.0. The molecular formula is C17H26ClFN2. The Morgan fingerprint density at radius 1 is 1.29 bits per heavy atom. The molecule has 2 rings (SSSR count). The maximum Gasteiger partial charge on any atom is 0.129 e. The van der Waals surface area contributed by atoms with Gasteiger partial charge in [0.05, 0.1) is 0 Å². The number of nitrogens with one attached hydrogen (secondary N) is 1. The highest BCUT2D eigenvalue weighted by Crippen LogP contribution is 2.21. The molecule has 0 radical (unpaired) electrons. The molecule has 21 heavy (non-hydrogen) atoms. The molecule has 0 aliphatic carbocycles. The van der Waals surface area contributed by atoms with Gasteiger partial charge in [0, 0.05) is 22.7 Å². The van der Waals surface area contributed by atoms with E-state index in [4.69, 9.17) is 11.6 Å². The Morgan fingerprint density at radius 2 is 1.95 bits per heavy atom. The van der Waals surface area contributed by atoms with Gasteiger partial charge in [0.25, 0.3) is 0 Å². The molecular weight excluding hydrogens is 287 g/mol. The fourth-order valence-electron chi connectivity index (χ4n) is 2.69. The second kappa shape index (κ2) is 7.08. The van der Waals surface area contributed by atoms with Crippen molar-refractivity contribution in [3.63, 3.8) is 0 Å². The minimum atomic E-state index is -0.195. The second-order valence-electron chi connectivity index (χ2n) is 7.09. The molecule has 0 bridgehead atoms. The maximum atomic E-state index is 13.8. The van der Waals surface area contributed by atoms with Crippen molar-refractivity contribution in [2.75, 3.05) is 19.6 Å². The molecule has 4 heteroatoms. The van der Waals surface area contributed by atoms with E-state index in [0.29, 0.717) is 11.6 Å². The van der Waals surface area contributed by atoms with Crippen molar-refractivity contribution in [3.05, 3.63) is 34.6 Å². The van der Waals surface area contributed by atoms with Crippen molar-refractivity contribution in [1.29, 1.82) is 0 Å². The van der Waals surface area contributed by atoms with Crippen molar-refractivity contribution < 1.29 is 4.39 Å². The Morgan fingerprint density at radius 3 is 2.52 bits per heavy atom. The molecule has 1 aromatic carbocycles. The lowest BCUT2D eigenvalue weighted by Gasteiger charge is -2.33. The standard InChI is InChI=1S/C17H26ClFN2/c1-17(2,3)20-11-13-6-8-21(9-7-13)12-14-4-5-15(18)10-16(14)19/h4-5,10,13,20H,6-9,11-12H2,1-3H3. The van der Waals surface area contributed by atoms with E-state index in [-0.39, 0.29) is 11.4 Å². The highest BCUT2D eigenvalue weighted by atomic mass is 35.5. The van der Waals surface area contributed by atoms with Gasteiger partial charge in [-0.15, -0.1) is 0 Å². The first-order valence-corrected chi connectivity index (χ1v) is 8.12. The molecule has 1 aliphatic rings. The summed E-state index contributed by atoms with van der Waals surface area (Å²) in [5.74, 6) is 0.537. The summed E-state index contributed by atoms with van der Waals surface area (Å²) in [4.78, 5) is 2.33. The fraction of sp³-hybridized carbons (Fsp3) is 0.647. The summed E-state index contributed by atoms with van der Waals surface area (Å²) < 4.78 is 13.8. The number of halogens is 2. The zero-order chi connectivity index (χ0) is 15.5. The van der Waals surface area contributed by atoms with Gasteiger partial charge in [-0.2, -0.15) is 0 Å². The third kappa shape index (κ3) is 5.57. The number of benzene rings is 1. The van der Waals surface area contributed by atoms with Gasteiger partial charge in [-0.25, -0.2) is 4.39 Å². The molecule has 1 saturated heterocycles. The average molecular weight is 313 g/mol. The smallest absolute Gasteiger partial charge is 0.129 e. The van der Waals surface area contributed by atoms with Crippen LogP contribution in [0.4, 0.5) is 4.39 Å². The maximum absolute atomic E-state index is 13.8. The molecule has 0 unspecified atom stereocenters. The number of piperidine rings is 1. The van der Waals surface area contributed by atoms with Crippen LogP contribution in [0, 0.1) is 11.7 Å². The first kappa shape index (κ1) is 16.7. The highest BCUT2D eigenvalue weighted by molar-refractivity contribution is 6.30. The average Bonchev–Trinajstić information content (AvgIpc) is 2.40. The van der Waals surface area contributed by atoms with Crippen LogP contribution in [0.2, 0.25) is 5.02 Å². The van der Waals surface area contributed by atoms with Crippen molar-refractivity contribution in [1.82, 2.24) is 10.2 Å². The quantitative estimate of drug-likeness (QED) is 0.901. The molecule has 2 nitrogen and oxygen atoms in total. The molecule has 1 fully saturated rings. The van der Waals surface area contributed by atoms with Crippen molar-refractivity contribution in [2.45, 2.75) is 45.7 Å². The number of nitrogens with zero attached hydrogens (tertiary/aromatic N) is 1. The molecule has 1 heterocycles. The van der Waals surface area contributed by atoms with Gasteiger partial charge in [0.1, 0.15) is 5.82 Å². The second-order valence-corrected chi connectivity index (χ2v) is 7.52. The Labute approximate surface area is 132 Å². The number of likely N-dealkylation sites (tertiary alicyclic amines) is 1. The molecule has 0 spiro atoms. The Bertz CT molecular complexity index is 462. The van der Waals surface area contributed by atoms with Crippen molar-refractivity contribution in [3.8, 4) is 0 Å². The molecule has 118 valence electrons. The van der Waals surface area contributed by atoms with Gasteiger partial charge in [-0.3, -0.25) is 4.90 Å². The molecule has 1 aliphatic heterocycles. The summed E-state index contributed by atoms with van der Waals surface area (Å²) in [6, 6.07) is 4.96. The van der Waals surface area contributed by atoms with Crippen LogP contribution >= 0.6 is 11.6 Å². The van der Waals surface area contributed by atoms with Crippen LogP contribution in [0.5, 0.6) is 0 Å². The summed E-state index contributed by atoms with van der Waals surface area (Å²) in [5, 5.41) is 4.04. The zero-order valence-electron chi connectivity index (χ0n) is 13.3. The topological polar surface area (TPSA) is 15.3 Å². The van der Waals surface area contributed by atoms with Crippen LogP contribution in [0.1, 0.15) is 39.2 Å². The van der Waals surface area contributed by atoms with Gasteiger partial charge >= 0.3 is 0 Å². The van der Waals surface area contributed by atoms with E-state index in [1.165, 1.54) is 18.9 Å².